The van der Waals surface area contributed by atoms with Gasteiger partial charge in [0.25, 0.3) is 0 Å². The van der Waals surface area contributed by atoms with E-state index in [1.165, 1.54) is 24.0 Å². The molecule has 3 aromatic rings. The molecule has 0 aliphatic carbocycles. The van der Waals surface area contributed by atoms with Gasteiger partial charge in [-0.15, -0.1) is 0 Å². The van der Waals surface area contributed by atoms with Crippen LogP contribution in [0.1, 0.15) is 35.2 Å². The Hall–Kier alpha value is -1.97. The van der Waals surface area contributed by atoms with Crippen LogP contribution in [0.4, 0.5) is 5.82 Å². The highest BCUT2D eigenvalue weighted by atomic mass is 35.5. The predicted octanol–water partition coefficient (Wildman–Crippen LogP) is 5.83. The molecule has 2 aromatic carbocycles. The summed E-state index contributed by atoms with van der Waals surface area (Å²) in [5.74, 6) is 1.12. The number of rotatable bonds is 3. The van der Waals surface area contributed by atoms with E-state index in [1.807, 2.05) is 12.1 Å². The van der Waals surface area contributed by atoms with Crippen LogP contribution in [0.2, 0.25) is 10.0 Å². The highest BCUT2D eigenvalue weighted by molar-refractivity contribution is 6.35. The number of nitrogens with one attached hydrogen (secondary N) is 1. The third-order valence-corrected chi connectivity index (χ3v) is 5.52. The number of halogens is 2. The fraction of sp³-hybridized carbons (Fsp3) is 0.286. The summed E-state index contributed by atoms with van der Waals surface area (Å²) >= 11 is 12.5. The van der Waals surface area contributed by atoms with E-state index in [0.29, 0.717) is 16.5 Å². The number of aryl methyl sites for hydroxylation is 1. The SMILES string of the molecule is Cc1ccccc1-n1nc(Cc2ccc(Cl)cc2Cl)c2c1NCCCC2. The zero-order valence-electron chi connectivity index (χ0n) is 14.7. The van der Waals surface area contributed by atoms with Crippen LogP contribution >= 0.6 is 23.2 Å². The van der Waals surface area contributed by atoms with Gasteiger partial charge in [0, 0.05) is 28.6 Å². The summed E-state index contributed by atoms with van der Waals surface area (Å²) < 4.78 is 2.06. The van der Waals surface area contributed by atoms with E-state index in [1.54, 1.807) is 6.07 Å². The van der Waals surface area contributed by atoms with Crippen molar-refractivity contribution in [3.63, 3.8) is 0 Å². The summed E-state index contributed by atoms with van der Waals surface area (Å²) in [6.45, 7) is 3.10. The van der Waals surface area contributed by atoms with Gasteiger partial charge in [-0.25, -0.2) is 4.68 Å². The normalized spacial score (nSPS) is 13.8. The average Bonchev–Trinajstić information content (AvgIpc) is 2.80. The lowest BCUT2D eigenvalue weighted by molar-refractivity contribution is 0.767. The lowest BCUT2D eigenvalue weighted by Gasteiger charge is -2.11. The molecule has 0 bridgehead atoms. The van der Waals surface area contributed by atoms with Crippen molar-refractivity contribution in [2.24, 2.45) is 0 Å². The molecule has 0 atom stereocenters. The van der Waals surface area contributed by atoms with Crippen molar-refractivity contribution < 1.29 is 0 Å². The minimum Gasteiger partial charge on any atom is -0.370 e. The number of fused-ring (bicyclic) bond motifs is 1. The maximum atomic E-state index is 6.41. The largest absolute Gasteiger partial charge is 0.370 e. The van der Waals surface area contributed by atoms with E-state index in [0.717, 1.165) is 35.7 Å². The molecule has 0 saturated carbocycles. The van der Waals surface area contributed by atoms with Gasteiger partial charge in [-0.1, -0.05) is 47.5 Å². The standard InChI is InChI=1S/C21H21Cl2N3/c1-14-6-2-3-8-20(14)26-21-17(7-4-5-11-24-21)19(25-26)12-15-9-10-16(22)13-18(15)23/h2-3,6,8-10,13,24H,4-5,7,11-12H2,1H3. The van der Waals surface area contributed by atoms with Gasteiger partial charge in [0.1, 0.15) is 5.82 Å². The van der Waals surface area contributed by atoms with Crippen LogP contribution < -0.4 is 5.32 Å². The third-order valence-electron chi connectivity index (χ3n) is 4.93. The number of aromatic nitrogens is 2. The van der Waals surface area contributed by atoms with Crippen molar-refractivity contribution in [2.75, 3.05) is 11.9 Å². The third kappa shape index (κ3) is 3.34. The first-order valence-corrected chi connectivity index (χ1v) is 9.73. The second-order valence-corrected chi connectivity index (χ2v) is 7.61. The van der Waals surface area contributed by atoms with Gasteiger partial charge in [-0.3, -0.25) is 0 Å². The number of para-hydroxylation sites is 1. The molecule has 1 aliphatic heterocycles. The molecule has 0 radical (unpaired) electrons. The highest BCUT2D eigenvalue weighted by Gasteiger charge is 2.21. The fourth-order valence-electron chi connectivity index (χ4n) is 3.54. The number of anilines is 1. The zero-order chi connectivity index (χ0) is 18.1. The number of hydrogen-bond acceptors (Lipinski definition) is 2. The lowest BCUT2D eigenvalue weighted by Crippen LogP contribution is -2.08. The maximum Gasteiger partial charge on any atom is 0.133 e. The van der Waals surface area contributed by atoms with Crippen molar-refractivity contribution >= 4 is 29.0 Å². The molecule has 0 amide bonds. The van der Waals surface area contributed by atoms with Gasteiger partial charge >= 0.3 is 0 Å². The van der Waals surface area contributed by atoms with Crippen molar-refractivity contribution in [3.8, 4) is 5.69 Å². The van der Waals surface area contributed by atoms with Gasteiger partial charge in [0.05, 0.1) is 11.4 Å². The molecule has 3 nitrogen and oxygen atoms in total. The van der Waals surface area contributed by atoms with Crippen LogP contribution in [-0.4, -0.2) is 16.3 Å². The predicted molar refractivity (Wildman–Crippen MR) is 109 cm³/mol. The van der Waals surface area contributed by atoms with E-state index < -0.39 is 0 Å². The number of hydrogen-bond donors (Lipinski definition) is 1. The van der Waals surface area contributed by atoms with Crippen molar-refractivity contribution in [2.45, 2.75) is 32.6 Å². The van der Waals surface area contributed by atoms with Crippen LogP contribution in [0, 0.1) is 6.92 Å². The molecule has 1 aliphatic rings. The molecule has 0 unspecified atom stereocenters. The summed E-state index contributed by atoms with van der Waals surface area (Å²) in [6.07, 6.45) is 4.08. The second-order valence-electron chi connectivity index (χ2n) is 6.77. The summed E-state index contributed by atoms with van der Waals surface area (Å²) in [7, 11) is 0. The number of benzene rings is 2. The van der Waals surface area contributed by atoms with Gasteiger partial charge in [-0.05, 0) is 55.5 Å². The van der Waals surface area contributed by atoms with Crippen LogP contribution in [-0.2, 0) is 12.8 Å². The van der Waals surface area contributed by atoms with Crippen LogP contribution in [0.25, 0.3) is 5.69 Å². The Morgan fingerprint density at radius 3 is 2.77 bits per heavy atom. The van der Waals surface area contributed by atoms with E-state index >= 15 is 0 Å². The molecule has 26 heavy (non-hydrogen) atoms. The van der Waals surface area contributed by atoms with E-state index in [2.05, 4.69) is 41.2 Å². The fourth-order valence-corrected chi connectivity index (χ4v) is 4.01. The Kier molecular flexibility index (Phi) is 4.92. The van der Waals surface area contributed by atoms with Crippen molar-refractivity contribution in [1.29, 1.82) is 0 Å². The summed E-state index contributed by atoms with van der Waals surface area (Å²) in [5.41, 5.74) is 5.77. The first kappa shape index (κ1) is 17.4. The quantitative estimate of drug-likeness (QED) is 0.614. The van der Waals surface area contributed by atoms with Gasteiger partial charge in [-0.2, -0.15) is 5.10 Å². The molecule has 5 heteroatoms. The van der Waals surface area contributed by atoms with Gasteiger partial charge in [0.2, 0.25) is 0 Å². The highest BCUT2D eigenvalue weighted by Crippen LogP contribution is 2.32. The summed E-state index contributed by atoms with van der Waals surface area (Å²) in [6, 6.07) is 14.0. The summed E-state index contributed by atoms with van der Waals surface area (Å²) in [4.78, 5) is 0. The van der Waals surface area contributed by atoms with Gasteiger partial charge < -0.3 is 5.32 Å². The molecule has 2 heterocycles. The summed E-state index contributed by atoms with van der Waals surface area (Å²) in [5, 5.41) is 9.93. The molecule has 0 saturated heterocycles. The van der Waals surface area contributed by atoms with Crippen LogP contribution in [0.3, 0.4) is 0 Å². The molecule has 0 fully saturated rings. The van der Waals surface area contributed by atoms with Crippen LogP contribution in [0.5, 0.6) is 0 Å². The first-order chi connectivity index (χ1) is 12.6. The van der Waals surface area contributed by atoms with E-state index in [9.17, 15) is 0 Å². The molecule has 1 aromatic heterocycles. The Labute approximate surface area is 163 Å². The molecular weight excluding hydrogens is 365 g/mol. The molecule has 1 N–H and O–H groups in total. The Morgan fingerprint density at radius 1 is 1.12 bits per heavy atom. The molecular formula is C21H21Cl2N3. The minimum absolute atomic E-state index is 0.657. The first-order valence-electron chi connectivity index (χ1n) is 8.98. The smallest absolute Gasteiger partial charge is 0.133 e. The number of nitrogens with zero attached hydrogens (tertiary/aromatic N) is 2. The Balaban J connectivity index is 1.81. The van der Waals surface area contributed by atoms with Crippen LogP contribution in [0.15, 0.2) is 42.5 Å². The Bertz CT molecular complexity index is 946. The minimum atomic E-state index is 0.657. The molecule has 4 rings (SSSR count). The Morgan fingerprint density at radius 2 is 1.96 bits per heavy atom. The second kappa shape index (κ2) is 7.34. The van der Waals surface area contributed by atoms with Gasteiger partial charge in [0.15, 0.2) is 0 Å². The lowest BCUT2D eigenvalue weighted by atomic mass is 10.0. The topological polar surface area (TPSA) is 29.9 Å². The molecule has 134 valence electrons. The monoisotopic (exact) mass is 385 g/mol. The zero-order valence-corrected chi connectivity index (χ0v) is 16.2. The maximum absolute atomic E-state index is 6.41. The van der Waals surface area contributed by atoms with Crippen molar-refractivity contribution in [1.82, 2.24) is 9.78 Å². The van der Waals surface area contributed by atoms with E-state index in [-0.39, 0.29) is 0 Å². The molecule has 0 spiro atoms. The van der Waals surface area contributed by atoms with Crippen molar-refractivity contribution in [3.05, 3.63) is 74.9 Å². The van der Waals surface area contributed by atoms with E-state index in [4.69, 9.17) is 28.3 Å². The average molecular weight is 386 g/mol.